The molecule has 1 aliphatic rings. The molecule has 110 valence electrons. The number of hydrogen-bond donors (Lipinski definition) is 1. The van der Waals surface area contributed by atoms with Crippen LogP contribution in [-0.2, 0) is 11.2 Å². The summed E-state index contributed by atoms with van der Waals surface area (Å²) in [6.07, 6.45) is 4.27. The molecule has 4 heteroatoms. The van der Waals surface area contributed by atoms with E-state index in [0.29, 0.717) is 12.3 Å². The summed E-state index contributed by atoms with van der Waals surface area (Å²) in [7, 11) is 0. The first-order valence-electron chi connectivity index (χ1n) is 7.12. The van der Waals surface area contributed by atoms with Crippen molar-refractivity contribution in [3.05, 3.63) is 27.7 Å². The predicted molar refractivity (Wildman–Crippen MR) is 82.2 cm³/mol. The van der Waals surface area contributed by atoms with Crippen LogP contribution in [0.3, 0.4) is 0 Å². The van der Waals surface area contributed by atoms with Crippen LogP contribution in [0.4, 0.5) is 0 Å². The van der Waals surface area contributed by atoms with Crippen LogP contribution >= 0.6 is 15.9 Å². The minimum absolute atomic E-state index is 0.408. The normalized spacial score (nSPS) is 16.6. The number of aryl methyl sites for hydroxylation is 1. The highest BCUT2D eigenvalue weighted by Crippen LogP contribution is 2.34. The first-order valence-corrected chi connectivity index (χ1v) is 7.91. The number of carboxylic acid groups (broad SMARTS) is 1. The van der Waals surface area contributed by atoms with Gasteiger partial charge in [0.1, 0.15) is 5.75 Å². The molecule has 0 saturated heterocycles. The molecule has 0 bridgehead atoms. The number of carbonyl (C=O) groups is 1. The Bertz CT molecular complexity index is 495. The Morgan fingerprint density at radius 3 is 2.75 bits per heavy atom. The van der Waals surface area contributed by atoms with Crippen molar-refractivity contribution < 1.29 is 14.6 Å². The fraction of sp³-hybridized carbons (Fsp3) is 0.562. The second kappa shape index (κ2) is 6.61. The molecule has 2 rings (SSSR count). The van der Waals surface area contributed by atoms with Gasteiger partial charge in [0.2, 0.25) is 0 Å². The van der Waals surface area contributed by atoms with E-state index < -0.39 is 11.9 Å². The van der Waals surface area contributed by atoms with Gasteiger partial charge in [0.05, 0.1) is 17.0 Å². The Balaban J connectivity index is 2.15. The van der Waals surface area contributed by atoms with Crippen LogP contribution in [-0.4, -0.2) is 17.7 Å². The van der Waals surface area contributed by atoms with E-state index in [9.17, 15) is 4.79 Å². The van der Waals surface area contributed by atoms with Crippen LogP contribution < -0.4 is 4.74 Å². The Hall–Kier alpha value is -1.03. The molecule has 0 aliphatic heterocycles. The molecule has 1 atom stereocenters. The van der Waals surface area contributed by atoms with Gasteiger partial charge < -0.3 is 9.84 Å². The molecule has 0 amide bonds. The van der Waals surface area contributed by atoms with Gasteiger partial charge in [-0.25, -0.2) is 0 Å². The summed E-state index contributed by atoms with van der Waals surface area (Å²) >= 11 is 3.54. The summed E-state index contributed by atoms with van der Waals surface area (Å²) in [6.45, 7) is 4.47. The Morgan fingerprint density at radius 2 is 2.20 bits per heavy atom. The van der Waals surface area contributed by atoms with Crippen molar-refractivity contribution in [1.29, 1.82) is 0 Å². The van der Waals surface area contributed by atoms with Crippen molar-refractivity contribution in [3.8, 4) is 5.75 Å². The monoisotopic (exact) mass is 340 g/mol. The van der Waals surface area contributed by atoms with Crippen LogP contribution in [0.25, 0.3) is 0 Å². The maximum absolute atomic E-state index is 11.1. The number of benzene rings is 1. The maximum atomic E-state index is 11.1. The molecular weight excluding hydrogens is 320 g/mol. The van der Waals surface area contributed by atoms with Gasteiger partial charge in [-0.1, -0.05) is 19.4 Å². The first-order chi connectivity index (χ1) is 9.47. The molecule has 0 radical (unpaired) electrons. The Labute approximate surface area is 128 Å². The lowest BCUT2D eigenvalue weighted by Crippen LogP contribution is -2.20. The Kier molecular flexibility index (Phi) is 5.08. The lowest BCUT2D eigenvalue weighted by atomic mass is 9.86. The molecule has 0 aromatic heterocycles. The van der Waals surface area contributed by atoms with Crippen molar-refractivity contribution >= 4 is 21.9 Å². The predicted octanol–water partition coefficient (Wildman–Crippen LogP) is 4.20. The van der Waals surface area contributed by atoms with Crippen molar-refractivity contribution in [1.82, 2.24) is 0 Å². The number of aliphatic carboxylic acids is 1. The summed E-state index contributed by atoms with van der Waals surface area (Å²) < 4.78 is 6.89. The highest BCUT2D eigenvalue weighted by Gasteiger charge is 2.21. The van der Waals surface area contributed by atoms with Gasteiger partial charge in [0.25, 0.3) is 0 Å². The van der Waals surface area contributed by atoms with Crippen LogP contribution in [0.15, 0.2) is 16.6 Å². The van der Waals surface area contributed by atoms with E-state index in [1.807, 2.05) is 19.1 Å². The second-order valence-corrected chi connectivity index (χ2v) is 6.64. The lowest BCUT2D eigenvalue weighted by Gasteiger charge is -2.26. The third-order valence-corrected chi connectivity index (χ3v) is 4.49. The summed E-state index contributed by atoms with van der Waals surface area (Å²) in [5, 5.41) is 9.09. The molecule has 1 N–H and O–H groups in total. The molecular formula is C16H21BrO3. The summed E-state index contributed by atoms with van der Waals surface area (Å²) in [5.74, 6) is 0.297. The van der Waals surface area contributed by atoms with Gasteiger partial charge in [-0.05, 0) is 65.2 Å². The third-order valence-electron chi connectivity index (χ3n) is 3.90. The number of carboxylic acids is 1. The number of rotatable bonds is 6. The van der Waals surface area contributed by atoms with Gasteiger partial charge in [-0.2, -0.15) is 0 Å². The number of ether oxygens (including phenoxy) is 1. The second-order valence-electron chi connectivity index (χ2n) is 5.79. The number of halogens is 1. The van der Waals surface area contributed by atoms with Crippen LogP contribution in [0.5, 0.6) is 5.75 Å². The molecule has 1 aliphatic carbocycles. The maximum Gasteiger partial charge on any atom is 0.306 e. The van der Waals surface area contributed by atoms with E-state index in [1.54, 1.807) is 6.92 Å². The molecule has 0 heterocycles. The first kappa shape index (κ1) is 15.4. The van der Waals surface area contributed by atoms with E-state index in [0.717, 1.165) is 28.0 Å². The average molecular weight is 341 g/mol. The van der Waals surface area contributed by atoms with Crippen LogP contribution in [0.1, 0.15) is 37.3 Å². The van der Waals surface area contributed by atoms with Gasteiger partial charge in [-0.3, -0.25) is 4.79 Å². The molecule has 3 nitrogen and oxygen atoms in total. The van der Waals surface area contributed by atoms with E-state index >= 15 is 0 Å². The van der Waals surface area contributed by atoms with Crippen molar-refractivity contribution in [2.24, 2.45) is 11.8 Å². The minimum Gasteiger partial charge on any atom is -0.492 e. The fourth-order valence-corrected chi connectivity index (χ4v) is 3.12. The van der Waals surface area contributed by atoms with Crippen molar-refractivity contribution in [2.75, 3.05) is 6.61 Å². The topological polar surface area (TPSA) is 46.5 Å². The molecule has 1 fully saturated rings. The van der Waals surface area contributed by atoms with Gasteiger partial charge in [0, 0.05) is 0 Å². The molecule has 20 heavy (non-hydrogen) atoms. The molecule has 0 spiro atoms. The minimum atomic E-state index is -0.771. The van der Waals surface area contributed by atoms with E-state index in [1.165, 1.54) is 19.3 Å². The van der Waals surface area contributed by atoms with Crippen LogP contribution in [0.2, 0.25) is 0 Å². The zero-order valence-corrected chi connectivity index (χ0v) is 13.6. The summed E-state index contributed by atoms with van der Waals surface area (Å²) in [6, 6.07) is 4.05. The third kappa shape index (κ3) is 3.75. The number of hydrogen-bond acceptors (Lipinski definition) is 2. The largest absolute Gasteiger partial charge is 0.492 e. The molecule has 1 aromatic carbocycles. The lowest BCUT2D eigenvalue weighted by molar-refractivity contribution is -0.141. The highest BCUT2D eigenvalue weighted by atomic mass is 79.9. The molecule has 1 unspecified atom stereocenters. The van der Waals surface area contributed by atoms with Crippen LogP contribution in [0, 0.1) is 18.8 Å². The quantitative estimate of drug-likeness (QED) is 0.844. The summed E-state index contributed by atoms with van der Waals surface area (Å²) in [5.41, 5.74) is 2.09. The molecule has 1 saturated carbocycles. The fourth-order valence-electron chi connectivity index (χ4n) is 2.39. The zero-order chi connectivity index (χ0) is 14.7. The van der Waals surface area contributed by atoms with E-state index in [2.05, 4.69) is 15.9 Å². The van der Waals surface area contributed by atoms with E-state index in [-0.39, 0.29) is 0 Å². The highest BCUT2D eigenvalue weighted by molar-refractivity contribution is 9.10. The van der Waals surface area contributed by atoms with Crippen molar-refractivity contribution in [2.45, 2.75) is 39.5 Å². The average Bonchev–Trinajstić information content (AvgIpc) is 2.29. The summed E-state index contributed by atoms with van der Waals surface area (Å²) in [4.78, 5) is 11.1. The van der Waals surface area contributed by atoms with E-state index in [4.69, 9.17) is 9.84 Å². The van der Waals surface area contributed by atoms with Gasteiger partial charge in [0.15, 0.2) is 0 Å². The smallest absolute Gasteiger partial charge is 0.306 e. The Morgan fingerprint density at radius 1 is 1.50 bits per heavy atom. The van der Waals surface area contributed by atoms with Gasteiger partial charge in [-0.15, -0.1) is 0 Å². The SMILES string of the molecule is Cc1cc(Br)c(OCC2CCC2)c(CC(C)C(=O)O)c1. The standard InChI is InChI=1S/C16H21BrO3/c1-10-6-13(8-11(2)16(18)19)15(14(17)7-10)20-9-12-4-3-5-12/h6-7,11-12H,3-5,8-9H2,1-2H3,(H,18,19). The van der Waals surface area contributed by atoms with Gasteiger partial charge >= 0.3 is 5.97 Å². The molecule has 1 aromatic rings. The zero-order valence-electron chi connectivity index (χ0n) is 12.0. The van der Waals surface area contributed by atoms with Crippen molar-refractivity contribution in [3.63, 3.8) is 0 Å².